The van der Waals surface area contributed by atoms with Gasteiger partial charge >= 0.3 is 12.1 Å². The fourth-order valence-electron chi connectivity index (χ4n) is 0.601. The van der Waals surface area contributed by atoms with Crippen LogP contribution < -0.4 is 0 Å². The average molecular weight is 216 g/mol. The van der Waals surface area contributed by atoms with Crippen molar-refractivity contribution in [3.8, 4) is 0 Å². The van der Waals surface area contributed by atoms with E-state index < -0.39 is 17.9 Å². The van der Waals surface area contributed by atoms with E-state index >= 15 is 0 Å². The number of hydrogen-bond acceptors (Lipinski definition) is 1. The van der Waals surface area contributed by atoms with Crippen LogP contribution in [0.5, 0.6) is 0 Å². The third-order valence-corrected chi connectivity index (χ3v) is 1.39. The summed E-state index contributed by atoms with van der Waals surface area (Å²) in [6, 6.07) is 0. The molecule has 0 saturated heterocycles. The zero-order valence-electron chi connectivity index (χ0n) is 7.37. The molecule has 0 aromatic heterocycles. The van der Waals surface area contributed by atoms with Crippen LogP contribution in [-0.4, -0.2) is 17.9 Å². The van der Waals surface area contributed by atoms with Crippen LogP contribution in [0.1, 0.15) is 19.8 Å². The Morgan fingerprint density at radius 3 is 2.07 bits per heavy atom. The molecular formula is C8H9F5O. The number of halogens is 5. The molecule has 0 rings (SSSR count). The Morgan fingerprint density at radius 2 is 1.71 bits per heavy atom. The van der Waals surface area contributed by atoms with Crippen molar-refractivity contribution >= 4 is 5.78 Å². The lowest BCUT2D eigenvalue weighted by atomic mass is 10.2. The molecule has 0 bridgehead atoms. The zero-order valence-corrected chi connectivity index (χ0v) is 7.37. The first-order chi connectivity index (χ1) is 6.23. The topological polar surface area (TPSA) is 17.1 Å². The number of hydrogen-bond donors (Lipinski definition) is 0. The van der Waals surface area contributed by atoms with Gasteiger partial charge < -0.3 is 0 Å². The normalized spacial score (nSPS) is 13.6. The number of ketones is 1. The highest BCUT2D eigenvalue weighted by Crippen LogP contribution is 2.36. The quantitative estimate of drug-likeness (QED) is 0.521. The Hall–Kier alpha value is -0.940. The van der Waals surface area contributed by atoms with E-state index in [-0.39, 0.29) is 6.08 Å². The summed E-state index contributed by atoms with van der Waals surface area (Å²) >= 11 is 0. The average Bonchev–Trinajstić information content (AvgIpc) is 2.02. The van der Waals surface area contributed by atoms with Crippen molar-refractivity contribution in [2.75, 3.05) is 0 Å². The molecule has 0 aliphatic heterocycles. The van der Waals surface area contributed by atoms with Crippen molar-refractivity contribution in [2.45, 2.75) is 31.9 Å². The summed E-state index contributed by atoms with van der Waals surface area (Å²) in [4.78, 5) is 10.4. The van der Waals surface area contributed by atoms with E-state index in [4.69, 9.17) is 0 Å². The maximum absolute atomic E-state index is 12.2. The summed E-state index contributed by atoms with van der Waals surface area (Å²) < 4.78 is 59.2. The van der Waals surface area contributed by atoms with E-state index in [0.717, 1.165) is 6.08 Å². The molecule has 0 aliphatic rings. The van der Waals surface area contributed by atoms with Gasteiger partial charge in [0, 0.05) is 0 Å². The summed E-state index contributed by atoms with van der Waals surface area (Å²) in [5.74, 6) is -7.50. The summed E-state index contributed by atoms with van der Waals surface area (Å²) in [6.07, 6.45) is -3.68. The molecule has 0 aromatic carbocycles. The SMILES string of the molecule is CCC/C=C/C(=O)C(F)(F)C(F)(F)F. The summed E-state index contributed by atoms with van der Waals surface area (Å²) in [6.45, 7) is 1.71. The van der Waals surface area contributed by atoms with Crippen LogP contribution in [0.3, 0.4) is 0 Å². The number of carbonyl (C=O) groups excluding carboxylic acids is 1. The highest BCUT2D eigenvalue weighted by molar-refractivity contribution is 5.96. The van der Waals surface area contributed by atoms with Gasteiger partial charge in [0.25, 0.3) is 0 Å². The fourth-order valence-corrected chi connectivity index (χ4v) is 0.601. The first-order valence-electron chi connectivity index (χ1n) is 3.89. The first-order valence-corrected chi connectivity index (χ1v) is 3.89. The molecule has 0 spiro atoms. The molecule has 0 fully saturated rings. The van der Waals surface area contributed by atoms with Crippen LogP contribution in [0.15, 0.2) is 12.2 Å². The van der Waals surface area contributed by atoms with Gasteiger partial charge in [0.05, 0.1) is 0 Å². The van der Waals surface area contributed by atoms with Crippen LogP contribution in [0, 0.1) is 0 Å². The third kappa shape index (κ3) is 3.08. The monoisotopic (exact) mass is 216 g/mol. The Morgan fingerprint density at radius 1 is 1.21 bits per heavy atom. The smallest absolute Gasteiger partial charge is 0.288 e. The fraction of sp³-hybridized carbons (Fsp3) is 0.625. The Balaban J connectivity index is 4.52. The molecule has 0 heterocycles. The second-order valence-electron chi connectivity index (χ2n) is 2.63. The van der Waals surface area contributed by atoms with Crippen LogP contribution >= 0.6 is 0 Å². The number of unbranched alkanes of at least 4 members (excludes halogenated alkanes) is 1. The minimum atomic E-state index is -5.82. The second-order valence-corrected chi connectivity index (χ2v) is 2.63. The molecule has 0 aromatic rings. The summed E-state index contributed by atoms with van der Waals surface area (Å²) in [7, 11) is 0. The standard InChI is InChI=1S/C8H9F5O/c1-2-3-4-5-6(14)7(9,10)8(11,12)13/h4-5H,2-3H2,1H3/b5-4+. The largest absolute Gasteiger partial charge is 0.461 e. The molecule has 0 atom stereocenters. The molecule has 0 N–H and O–H groups in total. The lowest BCUT2D eigenvalue weighted by Gasteiger charge is -2.15. The molecule has 14 heavy (non-hydrogen) atoms. The van der Waals surface area contributed by atoms with Crippen LogP contribution in [0.4, 0.5) is 22.0 Å². The van der Waals surface area contributed by atoms with E-state index in [1.54, 1.807) is 6.92 Å². The molecule has 1 nitrogen and oxygen atoms in total. The molecule has 0 aliphatic carbocycles. The van der Waals surface area contributed by atoms with E-state index in [2.05, 4.69) is 0 Å². The Kier molecular flexibility index (Phi) is 4.22. The van der Waals surface area contributed by atoms with Gasteiger partial charge in [-0.05, 0) is 12.5 Å². The van der Waals surface area contributed by atoms with Gasteiger partial charge in [-0.2, -0.15) is 22.0 Å². The van der Waals surface area contributed by atoms with E-state index in [0.29, 0.717) is 12.8 Å². The molecule has 6 heteroatoms. The van der Waals surface area contributed by atoms with Gasteiger partial charge in [-0.3, -0.25) is 4.79 Å². The Labute approximate surface area is 77.6 Å². The second kappa shape index (κ2) is 4.52. The zero-order chi connectivity index (χ0) is 11.4. The van der Waals surface area contributed by atoms with Crippen molar-refractivity contribution in [1.29, 1.82) is 0 Å². The van der Waals surface area contributed by atoms with Crippen LogP contribution in [0.25, 0.3) is 0 Å². The number of rotatable bonds is 4. The van der Waals surface area contributed by atoms with Gasteiger partial charge in [0.1, 0.15) is 0 Å². The highest BCUT2D eigenvalue weighted by Gasteiger charge is 2.62. The lowest BCUT2D eigenvalue weighted by Crippen LogP contribution is -2.43. The van der Waals surface area contributed by atoms with Gasteiger partial charge in [0.15, 0.2) is 0 Å². The summed E-state index contributed by atoms with van der Waals surface area (Å²) in [5.41, 5.74) is 0. The van der Waals surface area contributed by atoms with Crippen molar-refractivity contribution in [1.82, 2.24) is 0 Å². The van der Waals surface area contributed by atoms with Gasteiger partial charge in [-0.15, -0.1) is 0 Å². The Bertz CT molecular complexity index is 228. The van der Waals surface area contributed by atoms with E-state index in [1.807, 2.05) is 0 Å². The van der Waals surface area contributed by atoms with Gasteiger partial charge in [-0.1, -0.05) is 19.4 Å². The minimum Gasteiger partial charge on any atom is -0.288 e. The van der Waals surface area contributed by atoms with Crippen LogP contribution in [0.2, 0.25) is 0 Å². The van der Waals surface area contributed by atoms with Gasteiger partial charge in [-0.25, -0.2) is 0 Å². The number of alkyl halides is 5. The van der Waals surface area contributed by atoms with E-state index in [1.165, 1.54) is 0 Å². The van der Waals surface area contributed by atoms with E-state index in [9.17, 15) is 26.7 Å². The molecule has 0 saturated carbocycles. The maximum Gasteiger partial charge on any atom is 0.461 e. The predicted molar refractivity (Wildman–Crippen MR) is 40.1 cm³/mol. The molecular weight excluding hydrogens is 207 g/mol. The van der Waals surface area contributed by atoms with Crippen molar-refractivity contribution in [2.24, 2.45) is 0 Å². The minimum absolute atomic E-state index is 0.275. The van der Waals surface area contributed by atoms with Crippen molar-refractivity contribution in [3.05, 3.63) is 12.2 Å². The highest BCUT2D eigenvalue weighted by atomic mass is 19.4. The molecule has 82 valence electrons. The molecule has 0 amide bonds. The predicted octanol–water partition coefficient (Wildman–Crippen LogP) is 3.11. The van der Waals surface area contributed by atoms with Gasteiger partial charge in [0.2, 0.25) is 5.78 Å². The lowest BCUT2D eigenvalue weighted by molar-refractivity contribution is -0.266. The maximum atomic E-state index is 12.2. The number of carbonyl (C=O) groups is 1. The van der Waals surface area contributed by atoms with Crippen molar-refractivity contribution < 1.29 is 26.7 Å². The van der Waals surface area contributed by atoms with Crippen LogP contribution in [-0.2, 0) is 4.79 Å². The number of allylic oxidation sites excluding steroid dienone is 2. The third-order valence-electron chi connectivity index (χ3n) is 1.39. The van der Waals surface area contributed by atoms with Crippen molar-refractivity contribution in [3.63, 3.8) is 0 Å². The first kappa shape index (κ1) is 13.1. The molecule has 0 unspecified atom stereocenters. The summed E-state index contributed by atoms with van der Waals surface area (Å²) in [5, 5.41) is 0. The molecule has 0 radical (unpaired) electrons.